The topological polar surface area (TPSA) is 49.6 Å². The second-order valence-electron chi connectivity index (χ2n) is 5.29. The molecule has 0 saturated carbocycles. The molecule has 0 spiro atoms. The fourth-order valence-electron chi connectivity index (χ4n) is 2.17. The Morgan fingerprint density at radius 2 is 1.92 bits per heavy atom. The van der Waals surface area contributed by atoms with Crippen LogP contribution in [0, 0.1) is 5.82 Å². The maximum Gasteiger partial charge on any atom is 0.191 e. The fourth-order valence-corrected chi connectivity index (χ4v) is 2.17. The van der Waals surface area contributed by atoms with Crippen LogP contribution in [0.25, 0.3) is 0 Å². The van der Waals surface area contributed by atoms with Gasteiger partial charge < -0.3 is 15.1 Å². The molecule has 0 radical (unpaired) electrons. The summed E-state index contributed by atoms with van der Waals surface area (Å²) in [5, 5.41) is 6.58. The fraction of sp³-hybridized carbons (Fsp3) is 0.389. The first-order valence-corrected chi connectivity index (χ1v) is 8.07. The number of hydrogen-bond donors (Lipinski definition) is 2. The Hall–Kier alpha value is -1.57. The molecule has 1 heterocycles. The Bertz CT molecular complexity index is 602. The summed E-state index contributed by atoms with van der Waals surface area (Å²) in [6, 6.07) is 10.5. The first-order valence-electron chi connectivity index (χ1n) is 8.07. The van der Waals surface area contributed by atoms with Crippen molar-refractivity contribution < 1.29 is 8.81 Å². The summed E-state index contributed by atoms with van der Waals surface area (Å²) in [4.78, 5) is 4.50. The minimum Gasteiger partial charge on any atom is -0.469 e. The smallest absolute Gasteiger partial charge is 0.191 e. The molecule has 0 aliphatic heterocycles. The minimum absolute atomic E-state index is 0. The van der Waals surface area contributed by atoms with E-state index >= 15 is 0 Å². The van der Waals surface area contributed by atoms with Crippen LogP contribution in [0.4, 0.5) is 4.39 Å². The molecular weight excluding hydrogens is 420 g/mol. The number of rotatable bonds is 8. The third kappa shape index (κ3) is 7.81. The van der Waals surface area contributed by atoms with E-state index in [1.54, 1.807) is 18.4 Å². The van der Waals surface area contributed by atoms with E-state index in [9.17, 15) is 4.39 Å². The Balaban J connectivity index is 0.00000288. The van der Waals surface area contributed by atoms with Gasteiger partial charge in [-0.25, -0.2) is 4.39 Å². The van der Waals surface area contributed by atoms with Gasteiger partial charge in [0.25, 0.3) is 0 Å². The maximum absolute atomic E-state index is 13.2. The number of nitrogens with zero attached hydrogens (tertiary/aromatic N) is 1. The van der Waals surface area contributed by atoms with Crippen LogP contribution in [-0.2, 0) is 12.8 Å². The van der Waals surface area contributed by atoms with E-state index in [4.69, 9.17) is 4.42 Å². The summed E-state index contributed by atoms with van der Waals surface area (Å²) >= 11 is 0. The molecular formula is C18H25FIN3O. The molecule has 4 nitrogen and oxygen atoms in total. The molecule has 2 rings (SSSR count). The van der Waals surface area contributed by atoms with Crippen molar-refractivity contribution in [2.45, 2.75) is 26.2 Å². The molecule has 2 aromatic rings. The molecule has 0 saturated heterocycles. The van der Waals surface area contributed by atoms with Crippen molar-refractivity contribution in [2.75, 3.05) is 19.6 Å². The van der Waals surface area contributed by atoms with Gasteiger partial charge in [-0.2, -0.15) is 0 Å². The van der Waals surface area contributed by atoms with E-state index in [1.807, 2.05) is 18.2 Å². The lowest BCUT2D eigenvalue weighted by Gasteiger charge is -2.12. The summed E-state index contributed by atoms with van der Waals surface area (Å²) < 4.78 is 18.5. The molecule has 0 unspecified atom stereocenters. The van der Waals surface area contributed by atoms with E-state index in [1.165, 1.54) is 6.07 Å². The van der Waals surface area contributed by atoms with Gasteiger partial charge in [-0.15, -0.1) is 24.0 Å². The van der Waals surface area contributed by atoms with Gasteiger partial charge in [0.1, 0.15) is 11.6 Å². The molecule has 0 amide bonds. The van der Waals surface area contributed by atoms with Gasteiger partial charge in [-0.3, -0.25) is 4.99 Å². The number of nitrogens with one attached hydrogen (secondary N) is 2. The number of benzene rings is 1. The zero-order valence-corrected chi connectivity index (χ0v) is 16.3. The first-order chi connectivity index (χ1) is 11.3. The molecule has 0 fully saturated rings. The lowest BCUT2D eigenvalue weighted by molar-refractivity contribution is 0.506. The Kier molecular flexibility index (Phi) is 10.1. The standard InChI is InChI=1S/C18H24FN3O.HI/c1-2-10-20-18(22-12-9-17-7-4-13-23-17)21-11-8-15-5-3-6-16(19)14-15;/h3-7,13-14H,2,8-12H2,1H3,(H2,20,21,22);1H. The van der Waals surface area contributed by atoms with Crippen molar-refractivity contribution in [3.05, 3.63) is 59.8 Å². The van der Waals surface area contributed by atoms with E-state index < -0.39 is 0 Å². The average Bonchev–Trinajstić information content (AvgIpc) is 3.05. The van der Waals surface area contributed by atoms with Crippen molar-refractivity contribution in [2.24, 2.45) is 4.99 Å². The SMILES string of the molecule is CCCN=C(NCCc1cccc(F)c1)NCCc1ccco1.I. The lowest BCUT2D eigenvalue weighted by Crippen LogP contribution is -2.39. The Morgan fingerprint density at radius 3 is 2.58 bits per heavy atom. The third-order valence-corrected chi connectivity index (χ3v) is 3.33. The number of furan rings is 1. The zero-order valence-electron chi connectivity index (χ0n) is 13.9. The predicted octanol–water partition coefficient (Wildman–Crippen LogP) is 3.77. The summed E-state index contributed by atoms with van der Waals surface area (Å²) in [7, 11) is 0. The number of hydrogen-bond acceptors (Lipinski definition) is 2. The first kappa shape index (κ1) is 20.5. The minimum atomic E-state index is -0.195. The molecule has 2 N–H and O–H groups in total. The molecule has 0 aliphatic carbocycles. The van der Waals surface area contributed by atoms with Crippen molar-refractivity contribution >= 4 is 29.9 Å². The highest BCUT2D eigenvalue weighted by Gasteiger charge is 2.01. The summed E-state index contributed by atoms with van der Waals surface area (Å²) in [5.41, 5.74) is 0.975. The molecule has 132 valence electrons. The molecule has 1 aromatic carbocycles. The molecule has 1 aromatic heterocycles. The van der Waals surface area contributed by atoms with Crippen molar-refractivity contribution in [3.8, 4) is 0 Å². The molecule has 0 aliphatic rings. The van der Waals surface area contributed by atoms with E-state index in [0.29, 0.717) is 6.54 Å². The zero-order chi connectivity index (χ0) is 16.3. The van der Waals surface area contributed by atoms with Crippen molar-refractivity contribution in [3.63, 3.8) is 0 Å². The van der Waals surface area contributed by atoms with Crippen LogP contribution in [-0.4, -0.2) is 25.6 Å². The lowest BCUT2D eigenvalue weighted by atomic mass is 10.1. The van der Waals surface area contributed by atoms with Gasteiger partial charge in [0, 0.05) is 26.1 Å². The van der Waals surface area contributed by atoms with Crippen LogP contribution in [0.15, 0.2) is 52.1 Å². The van der Waals surface area contributed by atoms with Crippen LogP contribution in [0.1, 0.15) is 24.7 Å². The van der Waals surface area contributed by atoms with Gasteiger partial charge in [-0.05, 0) is 42.7 Å². The van der Waals surface area contributed by atoms with Crippen molar-refractivity contribution in [1.82, 2.24) is 10.6 Å². The van der Waals surface area contributed by atoms with E-state index in [-0.39, 0.29) is 29.8 Å². The second kappa shape index (κ2) is 11.9. The average molecular weight is 445 g/mol. The highest BCUT2D eigenvalue weighted by molar-refractivity contribution is 14.0. The van der Waals surface area contributed by atoms with Crippen LogP contribution in [0.2, 0.25) is 0 Å². The number of guanidine groups is 1. The maximum atomic E-state index is 13.2. The van der Waals surface area contributed by atoms with Gasteiger partial charge in [-0.1, -0.05) is 19.1 Å². The summed E-state index contributed by atoms with van der Waals surface area (Å²) in [5.74, 6) is 1.54. The highest BCUT2D eigenvalue weighted by Crippen LogP contribution is 2.03. The number of halogens is 2. The van der Waals surface area contributed by atoms with Crippen molar-refractivity contribution in [1.29, 1.82) is 0 Å². The van der Waals surface area contributed by atoms with Crippen LogP contribution < -0.4 is 10.6 Å². The van der Waals surface area contributed by atoms with Gasteiger partial charge in [0.2, 0.25) is 0 Å². The second-order valence-corrected chi connectivity index (χ2v) is 5.29. The van der Waals surface area contributed by atoms with Crippen LogP contribution >= 0.6 is 24.0 Å². The molecule has 0 atom stereocenters. The molecule has 24 heavy (non-hydrogen) atoms. The monoisotopic (exact) mass is 445 g/mol. The third-order valence-electron chi connectivity index (χ3n) is 3.33. The summed E-state index contributed by atoms with van der Waals surface area (Å²) in [6.45, 7) is 4.33. The highest BCUT2D eigenvalue weighted by atomic mass is 127. The van der Waals surface area contributed by atoms with Gasteiger partial charge >= 0.3 is 0 Å². The predicted molar refractivity (Wildman–Crippen MR) is 107 cm³/mol. The summed E-state index contributed by atoms with van der Waals surface area (Å²) in [6.07, 6.45) is 4.24. The van der Waals surface area contributed by atoms with Gasteiger partial charge in [0.15, 0.2) is 5.96 Å². The van der Waals surface area contributed by atoms with E-state index in [0.717, 1.165) is 49.6 Å². The van der Waals surface area contributed by atoms with E-state index in [2.05, 4.69) is 22.5 Å². The quantitative estimate of drug-likeness (QED) is 0.370. The number of aliphatic imine (C=N–C) groups is 1. The molecule has 6 heteroatoms. The van der Waals surface area contributed by atoms with Crippen LogP contribution in [0.5, 0.6) is 0 Å². The Labute approximate surface area is 160 Å². The van der Waals surface area contributed by atoms with Crippen LogP contribution in [0.3, 0.4) is 0 Å². The molecule has 0 bridgehead atoms. The normalized spacial score (nSPS) is 11.0. The largest absolute Gasteiger partial charge is 0.469 e. The van der Waals surface area contributed by atoms with Gasteiger partial charge in [0.05, 0.1) is 6.26 Å². The Morgan fingerprint density at radius 1 is 1.12 bits per heavy atom.